The van der Waals surface area contributed by atoms with E-state index < -0.39 is 12.1 Å². The molecule has 0 bridgehead atoms. The van der Waals surface area contributed by atoms with Gasteiger partial charge in [0, 0.05) is 31.9 Å². The van der Waals surface area contributed by atoms with Crippen LogP contribution in [0.3, 0.4) is 0 Å². The predicted octanol–water partition coefficient (Wildman–Crippen LogP) is 1.09. The van der Waals surface area contributed by atoms with Crippen molar-refractivity contribution in [2.24, 2.45) is 0 Å². The van der Waals surface area contributed by atoms with Gasteiger partial charge in [-0.25, -0.2) is 4.79 Å². The Morgan fingerprint density at radius 1 is 1.33 bits per heavy atom. The zero-order chi connectivity index (χ0) is 11.6. The molecular formula is C9H10F3N2O+. The van der Waals surface area contributed by atoms with E-state index in [0.717, 1.165) is 12.4 Å². The number of anilines is 1. The van der Waals surface area contributed by atoms with Crippen LogP contribution >= 0.6 is 0 Å². The zero-order valence-corrected chi connectivity index (χ0v) is 8.25. The number of hydrogen-bond donors (Lipinski definition) is 0. The number of aromatic nitrogens is 1. The van der Waals surface area contributed by atoms with Crippen LogP contribution in [-0.4, -0.2) is 20.1 Å². The Balaban J connectivity index is 3.04. The van der Waals surface area contributed by atoms with E-state index in [2.05, 4.69) is 0 Å². The average molecular weight is 219 g/mol. The highest BCUT2D eigenvalue weighted by Crippen LogP contribution is 2.16. The maximum atomic E-state index is 12.8. The number of rotatable bonds is 3. The van der Waals surface area contributed by atoms with Gasteiger partial charge in [0.1, 0.15) is 0 Å². The lowest BCUT2D eigenvalue weighted by Gasteiger charge is -2.11. The second-order valence-electron chi connectivity index (χ2n) is 3.17. The fourth-order valence-electron chi connectivity index (χ4n) is 1.01. The predicted molar refractivity (Wildman–Crippen MR) is 47.3 cm³/mol. The maximum absolute atomic E-state index is 12.8. The second kappa shape index (κ2) is 3.88. The van der Waals surface area contributed by atoms with Gasteiger partial charge in [0.15, 0.2) is 12.4 Å². The number of halogens is 3. The monoisotopic (exact) mass is 219 g/mol. The quantitative estimate of drug-likeness (QED) is 0.561. The van der Waals surface area contributed by atoms with Crippen molar-refractivity contribution in [3.63, 3.8) is 0 Å². The van der Waals surface area contributed by atoms with Crippen LogP contribution in [0.2, 0.25) is 0 Å². The van der Waals surface area contributed by atoms with Crippen LogP contribution in [0.25, 0.3) is 0 Å². The van der Waals surface area contributed by atoms with Gasteiger partial charge in [0.05, 0.1) is 0 Å². The molecule has 0 aliphatic heterocycles. The summed E-state index contributed by atoms with van der Waals surface area (Å²) in [6.07, 6.45) is 1.90. The number of alkyl halides is 2. The third kappa shape index (κ3) is 2.26. The molecule has 0 saturated carbocycles. The van der Waals surface area contributed by atoms with E-state index in [1.807, 2.05) is 0 Å². The zero-order valence-electron chi connectivity index (χ0n) is 8.25. The lowest BCUT2D eigenvalue weighted by Crippen LogP contribution is -2.53. The minimum Gasteiger partial charge on any atom is -0.377 e. The summed E-state index contributed by atoms with van der Waals surface area (Å²) >= 11 is 0. The van der Waals surface area contributed by atoms with Gasteiger partial charge in [-0.15, -0.1) is 13.3 Å². The van der Waals surface area contributed by atoms with Crippen LogP contribution < -0.4 is 9.47 Å². The van der Waals surface area contributed by atoms with Crippen molar-refractivity contribution in [2.45, 2.75) is 6.05 Å². The van der Waals surface area contributed by atoms with E-state index >= 15 is 0 Å². The van der Waals surface area contributed by atoms with Gasteiger partial charge >= 0.3 is 12.1 Å². The smallest absolute Gasteiger partial charge is 0.377 e. The molecule has 0 aromatic carbocycles. The van der Waals surface area contributed by atoms with Gasteiger partial charge in [-0.1, -0.05) is 0 Å². The number of nitrogens with zero attached hydrogens (tertiary/aromatic N) is 2. The molecule has 1 rings (SSSR count). The topological polar surface area (TPSA) is 24.2 Å². The van der Waals surface area contributed by atoms with Crippen molar-refractivity contribution in [3.8, 4) is 0 Å². The van der Waals surface area contributed by atoms with Crippen molar-refractivity contribution in [2.75, 3.05) is 19.0 Å². The van der Waals surface area contributed by atoms with E-state index in [0.29, 0.717) is 5.69 Å². The fourth-order valence-corrected chi connectivity index (χ4v) is 1.01. The molecule has 0 aliphatic carbocycles. The summed E-state index contributed by atoms with van der Waals surface area (Å²) in [4.78, 5) is 11.7. The summed E-state index contributed by atoms with van der Waals surface area (Å²) in [5.74, 6) is 0. The minimum atomic E-state index is -4.13. The fraction of sp³-hybridized carbons (Fsp3) is 0.333. The molecule has 6 heteroatoms. The first kappa shape index (κ1) is 11.5. The molecule has 0 unspecified atom stereocenters. The molecule has 0 saturated heterocycles. The number of pyridine rings is 1. The Bertz CT molecular complexity index is 362. The molecular weight excluding hydrogens is 209 g/mol. The maximum Gasteiger partial charge on any atom is 0.557 e. The molecule has 0 aliphatic rings. The van der Waals surface area contributed by atoms with Crippen LogP contribution in [0.5, 0.6) is 0 Å². The molecule has 0 amide bonds. The molecule has 3 nitrogen and oxygen atoms in total. The van der Waals surface area contributed by atoms with Crippen LogP contribution in [-0.2, 0) is 10.8 Å². The van der Waals surface area contributed by atoms with Crippen molar-refractivity contribution in [3.05, 3.63) is 24.5 Å². The van der Waals surface area contributed by atoms with Crippen molar-refractivity contribution < 1.29 is 22.5 Å². The van der Waals surface area contributed by atoms with Gasteiger partial charge in [-0.05, 0) is 0 Å². The van der Waals surface area contributed by atoms with E-state index in [4.69, 9.17) is 0 Å². The van der Waals surface area contributed by atoms with Gasteiger partial charge in [-0.3, -0.25) is 0 Å². The molecule has 1 aromatic rings. The Hall–Kier alpha value is -1.59. The first-order chi connectivity index (χ1) is 6.85. The van der Waals surface area contributed by atoms with E-state index in [9.17, 15) is 18.0 Å². The van der Waals surface area contributed by atoms with Crippen LogP contribution in [0.15, 0.2) is 24.5 Å². The lowest BCUT2D eigenvalue weighted by atomic mass is 10.3. The van der Waals surface area contributed by atoms with E-state index in [1.54, 1.807) is 19.0 Å². The Morgan fingerprint density at radius 2 is 1.80 bits per heavy atom. The third-order valence-corrected chi connectivity index (χ3v) is 1.89. The summed E-state index contributed by atoms with van der Waals surface area (Å²) in [7, 11) is 3.47. The van der Waals surface area contributed by atoms with Gasteiger partial charge in [-0.2, -0.15) is 4.39 Å². The van der Waals surface area contributed by atoms with Crippen molar-refractivity contribution in [1.29, 1.82) is 0 Å². The summed E-state index contributed by atoms with van der Waals surface area (Å²) in [5, 5.41) is 0. The number of carbonyl (C=O) groups excluding carboxylic acids is 1. The number of carbonyl (C=O) groups is 1. The Labute approximate surface area is 84.7 Å². The highest BCUT2D eigenvalue weighted by molar-refractivity contribution is 5.71. The minimum absolute atomic E-state index is 0.225. The third-order valence-electron chi connectivity index (χ3n) is 1.89. The molecule has 15 heavy (non-hydrogen) atoms. The second-order valence-corrected chi connectivity index (χ2v) is 3.17. The Morgan fingerprint density at radius 3 is 2.13 bits per heavy atom. The molecule has 1 heterocycles. The highest BCUT2D eigenvalue weighted by atomic mass is 19.3. The molecule has 0 radical (unpaired) electrons. The Kier molecular flexibility index (Phi) is 2.97. The normalized spacial score (nSPS) is 11.3. The summed E-state index contributed by atoms with van der Waals surface area (Å²) in [5.41, 5.74) is 0.674. The first-order valence-electron chi connectivity index (χ1n) is 4.12. The van der Waals surface area contributed by atoms with Gasteiger partial charge < -0.3 is 4.90 Å². The van der Waals surface area contributed by atoms with E-state index in [-0.39, 0.29) is 4.57 Å². The molecule has 1 aromatic heterocycles. The van der Waals surface area contributed by atoms with Crippen molar-refractivity contribution in [1.82, 2.24) is 0 Å². The van der Waals surface area contributed by atoms with E-state index in [1.165, 1.54) is 12.1 Å². The average Bonchev–Trinajstić information content (AvgIpc) is 2.17. The summed E-state index contributed by atoms with van der Waals surface area (Å²) < 4.78 is 37.9. The lowest BCUT2D eigenvalue weighted by molar-refractivity contribution is -0.805. The largest absolute Gasteiger partial charge is 0.557 e. The van der Waals surface area contributed by atoms with Gasteiger partial charge in [0.25, 0.3) is 0 Å². The van der Waals surface area contributed by atoms with Crippen LogP contribution in [0.4, 0.5) is 18.9 Å². The highest BCUT2D eigenvalue weighted by Gasteiger charge is 2.50. The molecule has 0 fully saturated rings. The molecule has 0 N–H and O–H groups in total. The molecule has 0 spiro atoms. The van der Waals surface area contributed by atoms with Crippen LogP contribution in [0.1, 0.15) is 0 Å². The van der Waals surface area contributed by atoms with Crippen LogP contribution in [0, 0.1) is 0 Å². The van der Waals surface area contributed by atoms with Gasteiger partial charge in [0.2, 0.25) is 0 Å². The van der Waals surface area contributed by atoms with Crippen molar-refractivity contribution >= 4 is 11.7 Å². The SMILES string of the molecule is CN(C)c1cc[n+](C(F)(F)C(=O)F)cc1. The standard InChI is InChI=1S/C9H10F3N2O/c1-13(2)7-3-5-14(6-4-7)9(11,12)8(10)15/h3-6H,1-2H3/q+1. The number of hydrogen-bond acceptors (Lipinski definition) is 2. The molecule has 82 valence electrons. The first-order valence-corrected chi connectivity index (χ1v) is 4.12. The summed E-state index contributed by atoms with van der Waals surface area (Å²) in [6.45, 7) is 0. The molecule has 0 atom stereocenters. The summed E-state index contributed by atoms with van der Waals surface area (Å²) in [6, 6.07) is -4.09.